The minimum absolute atomic E-state index is 0.131. The first-order valence-corrected chi connectivity index (χ1v) is 8.44. The number of nitrogens with zero attached hydrogens (tertiary/aromatic N) is 2. The summed E-state index contributed by atoms with van der Waals surface area (Å²) in [6.07, 6.45) is 2.61. The summed E-state index contributed by atoms with van der Waals surface area (Å²) >= 11 is 6.07. The molecule has 0 bridgehead atoms. The van der Waals surface area contributed by atoms with Crippen molar-refractivity contribution in [2.45, 2.75) is 19.0 Å². The van der Waals surface area contributed by atoms with Gasteiger partial charge in [-0.05, 0) is 25.1 Å². The molecule has 1 aliphatic rings. The highest BCUT2D eigenvalue weighted by molar-refractivity contribution is 6.30. The summed E-state index contributed by atoms with van der Waals surface area (Å²) < 4.78 is 5.67. The van der Waals surface area contributed by atoms with Crippen molar-refractivity contribution < 1.29 is 14.5 Å². The maximum absolute atomic E-state index is 12.2. The number of carbonyl (C=O) groups excluding carboxylic acids is 1. The second-order valence-electron chi connectivity index (χ2n) is 5.86. The molecule has 1 amide bonds. The Bertz CT molecular complexity index is 826. The van der Waals surface area contributed by atoms with Crippen LogP contribution in [0.4, 0.5) is 5.69 Å². The van der Waals surface area contributed by atoms with Gasteiger partial charge in [-0.25, -0.2) is 4.98 Å². The fourth-order valence-corrected chi connectivity index (χ4v) is 2.57. The van der Waals surface area contributed by atoms with Gasteiger partial charge >= 0.3 is 0 Å². The third-order valence-corrected chi connectivity index (χ3v) is 4.36. The summed E-state index contributed by atoms with van der Waals surface area (Å²) in [6.45, 7) is 1.68. The van der Waals surface area contributed by atoms with Crippen molar-refractivity contribution in [3.63, 3.8) is 0 Å². The molecule has 2 aromatic rings. The topological polar surface area (TPSA) is 106 Å². The van der Waals surface area contributed by atoms with Crippen LogP contribution < -0.4 is 15.4 Å². The van der Waals surface area contributed by atoms with Crippen molar-refractivity contribution >= 4 is 23.2 Å². The summed E-state index contributed by atoms with van der Waals surface area (Å²) in [4.78, 5) is 26.5. The molecule has 26 heavy (non-hydrogen) atoms. The van der Waals surface area contributed by atoms with E-state index in [1.165, 1.54) is 30.5 Å². The van der Waals surface area contributed by atoms with E-state index in [2.05, 4.69) is 15.6 Å². The molecule has 9 heteroatoms. The monoisotopic (exact) mass is 376 g/mol. The Kier molecular flexibility index (Phi) is 5.65. The number of nitro benzene ring substituents is 1. The lowest BCUT2D eigenvalue weighted by atomic mass is 10.1. The number of benzene rings is 1. The number of carbonyl (C=O) groups is 1. The number of aromatic nitrogens is 1. The molecule has 1 fully saturated rings. The van der Waals surface area contributed by atoms with Crippen molar-refractivity contribution in [2.24, 2.45) is 0 Å². The fraction of sp³-hybridized carbons (Fsp3) is 0.294. The lowest BCUT2D eigenvalue weighted by molar-refractivity contribution is -0.384. The largest absolute Gasteiger partial charge is 0.490 e. The zero-order valence-electron chi connectivity index (χ0n) is 13.8. The average Bonchev–Trinajstić information content (AvgIpc) is 2.60. The second kappa shape index (κ2) is 8.11. The first kappa shape index (κ1) is 18.1. The third-order valence-electron chi connectivity index (χ3n) is 4.02. The van der Waals surface area contributed by atoms with Crippen LogP contribution in [0, 0.1) is 10.1 Å². The third kappa shape index (κ3) is 4.47. The van der Waals surface area contributed by atoms with Gasteiger partial charge in [-0.15, -0.1) is 0 Å². The lowest BCUT2D eigenvalue weighted by Crippen LogP contribution is -2.46. The smallest absolute Gasteiger partial charge is 0.270 e. The fourth-order valence-electron chi connectivity index (χ4n) is 2.40. The molecule has 1 aromatic carbocycles. The van der Waals surface area contributed by atoms with Crippen LogP contribution >= 0.6 is 11.6 Å². The number of non-ortho nitro benzene ring substituents is 1. The minimum Gasteiger partial charge on any atom is -0.490 e. The number of nitrogens with one attached hydrogen (secondary N) is 2. The van der Waals surface area contributed by atoms with E-state index in [1.807, 2.05) is 0 Å². The molecule has 136 valence electrons. The van der Waals surface area contributed by atoms with Crippen LogP contribution in [0.25, 0.3) is 0 Å². The van der Waals surface area contributed by atoms with Crippen molar-refractivity contribution in [1.29, 1.82) is 0 Å². The Balaban J connectivity index is 1.61. The van der Waals surface area contributed by atoms with E-state index in [0.717, 1.165) is 13.0 Å². The van der Waals surface area contributed by atoms with Gasteiger partial charge in [-0.1, -0.05) is 17.7 Å². The number of pyridine rings is 1. The Labute approximate surface area is 154 Å². The highest BCUT2D eigenvalue weighted by Crippen LogP contribution is 2.20. The Morgan fingerprint density at radius 2 is 2.27 bits per heavy atom. The molecule has 0 saturated carbocycles. The molecule has 1 saturated heterocycles. The van der Waals surface area contributed by atoms with Gasteiger partial charge in [0.25, 0.3) is 11.6 Å². The zero-order valence-corrected chi connectivity index (χ0v) is 14.5. The van der Waals surface area contributed by atoms with E-state index >= 15 is 0 Å². The number of nitro groups is 1. The second-order valence-corrected chi connectivity index (χ2v) is 6.22. The number of hydrogen-bond donors (Lipinski definition) is 2. The van der Waals surface area contributed by atoms with Crippen molar-refractivity contribution in [1.82, 2.24) is 15.6 Å². The molecule has 2 heterocycles. The molecule has 1 atom stereocenters. The highest BCUT2D eigenvalue weighted by atomic mass is 35.5. The van der Waals surface area contributed by atoms with E-state index in [4.69, 9.17) is 16.3 Å². The molecule has 1 aliphatic heterocycles. The van der Waals surface area contributed by atoms with Crippen LogP contribution in [0.5, 0.6) is 5.75 Å². The molecule has 0 spiro atoms. The van der Waals surface area contributed by atoms with Crippen molar-refractivity contribution in [2.75, 3.05) is 13.2 Å². The Morgan fingerprint density at radius 3 is 2.96 bits per heavy atom. The van der Waals surface area contributed by atoms with E-state index in [1.54, 1.807) is 6.07 Å². The Hall–Kier alpha value is -2.71. The summed E-state index contributed by atoms with van der Waals surface area (Å²) in [5.41, 5.74) is 0.661. The number of halogens is 1. The van der Waals surface area contributed by atoms with Gasteiger partial charge in [0, 0.05) is 35.8 Å². The maximum Gasteiger partial charge on any atom is 0.270 e. The molecule has 0 radical (unpaired) electrons. The van der Waals surface area contributed by atoms with Gasteiger partial charge in [-0.3, -0.25) is 14.9 Å². The van der Waals surface area contributed by atoms with Crippen LogP contribution in [0.15, 0.2) is 36.5 Å². The van der Waals surface area contributed by atoms with Crippen LogP contribution in [0.1, 0.15) is 22.3 Å². The summed E-state index contributed by atoms with van der Waals surface area (Å²) in [5.74, 6) is 0.137. The molecule has 0 aliphatic carbocycles. The quantitative estimate of drug-likeness (QED) is 0.436. The van der Waals surface area contributed by atoms with Gasteiger partial charge in [-0.2, -0.15) is 0 Å². The predicted molar refractivity (Wildman–Crippen MR) is 95.4 cm³/mol. The average molecular weight is 377 g/mol. The summed E-state index contributed by atoms with van der Waals surface area (Å²) in [7, 11) is 0. The number of ether oxygens (including phenoxy) is 1. The molecule has 1 unspecified atom stereocenters. The Morgan fingerprint density at radius 1 is 1.46 bits per heavy atom. The van der Waals surface area contributed by atoms with E-state index in [9.17, 15) is 14.9 Å². The molecular formula is C17H17ClN4O4. The molecule has 1 aromatic heterocycles. The van der Waals surface area contributed by atoms with E-state index in [-0.39, 0.29) is 22.9 Å². The molecular weight excluding hydrogens is 360 g/mol. The first-order chi connectivity index (χ1) is 12.5. The van der Waals surface area contributed by atoms with Crippen molar-refractivity contribution in [3.05, 3.63) is 62.9 Å². The number of amides is 1. The van der Waals surface area contributed by atoms with Gasteiger partial charge in [0.1, 0.15) is 17.5 Å². The predicted octanol–water partition coefficient (Wildman–Crippen LogP) is 2.31. The summed E-state index contributed by atoms with van der Waals surface area (Å²) in [5, 5.41) is 17.0. The maximum atomic E-state index is 12.2. The molecule has 2 N–H and O–H groups in total. The van der Waals surface area contributed by atoms with Gasteiger partial charge in [0.2, 0.25) is 0 Å². The van der Waals surface area contributed by atoms with Crippen LogP contribution in [0.2, 0.25) is 5.15 Å². The number of rotatable bonds is 7. The van der Waals surface area contributed by atoms with Crippen LogP contribution in [-0.2, 0) is 6.54 Å². The molecule has 3 rings (SSSR count). The van der Waals surface area contributed by atoms with Gasteiger partial charge in [0.05, 0.1) is 11.1 Å². The SMILES string of the molecule is O=C(NCc1cc(OCC2CCN2)cnc1Cl)c1cccc([N+](=O)[O-])c1. The normalized spacial score (nSPS) is 15.8. The van der Waals surface area contributed by atoms with Crippen LogP contribution in [0.3, 0.4) is 0 Å². The van der Waals surface area contributed by atoms with E-state index < -0.39 is 10.8 Å². The van der Waals surface area contributed by atoms with Crippen LogP contribution in [-0.4, -0.2) is 35.0 Å². The molecule has 8 nitrogen and oxygen atoms in total. The zero-order chi connectivity index (χ0) is 18.5. The van der Waals surface area contributed by atoms with Crippen molar-refractivity contribution in [3.8, 4) is 5.75 Å². The summed E-state index contributed by atoms with van der Waals surface area (Å²) in [6, 6.07) is 7.60. The van der Waals surface area contributed by atoms with Gasteiger partial charge in [0.15, 0.2) is 0 Å². The van der Waals surface area contributed by atoms with E-state index in [0.29, 0.717) is 24.0 Å². The standard InChI is InChI=1S/C17H17ClN4O4/c18-16-12(7-15(9-20-16)26-10-13-4-5-19-13)8-21-17(23)11-2-1-3-14(6-11)22(24)25/h1-3,6-7,9,13,19H,4-5,8,10H2,(H,21,23). The number of hydrogen-bond acceptors (Lipinski definition) is 6. The lowest BCUT2D eigenvalue weighted by Gasteiger charge is -2.27. The minimum atomic E-state index is -0.546. The first-order valence-electron chi connectivity index (χ1n) is 8.06. The highest BCUT2D eigenvalue weighted by Gasteiger charge is 2.17. The van der Waals surface area contributed by atoms with Gasteiger partial charge < -0.3 is 15.4 Å².